The minimum absolute atomic E-state index is 0.0209. The standard InChI is InChI=1S/C18H23ClFN3O4S/c1-3-13-9-23(13)27-28-11-18(25)21-7-6-12(2)22-17(24)10-26-14-4-5-15(19)16(20)8-14/h4-5,8,13H,2-3,6-7,9-11H2,1H3,(H,21,25)(H,22,24). The first kappa shape index (κ1) is 22.5. The summed E-state index contributed by atoms with van der Waals surface area (Å²) in [5, 5.41) is 7.09. The second kappa shape index (κ2) is 11.3. The van der Waals surface area contributed by atoms with Crippen LogP contribution in [0.25, 0.3) is 0 Å². The fourth-order valence-corrected chi connectivity index (χ4v) is 2.84. The molecule has 1 aromatic carbocycles. The lowest BCUT2D eigenvalue weighted by Crippen LogP contribution is -2.31. The van der Waals surface area contributed by atoms with Crippen molar-refractivity contribution in [2.75, 3.05) is 25.4 Å². The van der Waals surface area contributed by atoms with E-state index in [0.29, 0.717) is 24.7 Å². The second-order valence-electron chi connectivity index (χ2n) is 6.11. The number of halogens is 2. The molecule has 2 unspecified atom stereocenters. The summed E-state index contributed by atoms with van der Waals surface area (Å²) in [5.41, 5.74) is 0.440. The van der Waals surface area contributed by atoms with Crippen molar-refractivity contribution in [3.05, 3.63) is 41.3 Å². The lowest BCUT2D eigenvalue weighted by atomic mass is 10.3. The normalized spacial score (nSPS) is 17.7. The van der Waals surface area contributed by atoms with E-state index in [1.165, 1.54) is 12.1 Å². The summed E-state index contributed by atoms with van der Waals surface area (Å²) in [6, 6.07) is 4.38. The zero-order valence-electron chi connectivity index (χ0n) is 15.5. The van der Waals surface area contributed by atoms with Crippen LogP contribution >= 0.6 is 23.6 Å². The smallest absolute Gasteiger partial charge is 0.262 e. The SMILES string of the molecule is C=C(CCNC(=O)CSON1CC1CC)NC(=O)COc1ccc(Cl)c(F)c1. The number of carbonyl (C=O) groups excluding carboxylic acids is 2. The summed E-state index contributed by atoms with van der Waals surface area (Å²) in [5.74, 6) is -0.825. The van der Waals surface area contributed by atoms with Gasteiger partial charge in [-0.1, -0.05) is 25.1 Å². The van der Waals surface area contributed by atoms with Gasteiger partial charge in [-0.2, -0.15) is 5.06 Å². The fourth-order valence-electron chi connectivity index (χ4n) is 2.15. The average Bonchev–Trinajstić information content (AvgIpc) is 3.41. The van der Waals surface area contributed by atoms with Crippen molar-refractivity contribution in [1.29, 1.82) is 0 Å². The molecule has 0 spiro atoms. The molecule has 0 aliphatic carbocycles. The van der Waals surface area contributed by atoms with Crippen LogP contribution in [0.4, 0.5) is 4.39 Å². The van der Waals surface area contributed by atoms with Gasteiger partial charge in [0.1, 0.15) is 17.3 Å². The zero-order valence-corrected chi connectivity index (χ0v) is 17.1. The highest BCUT2D eigenvalue weighted by molar-refractivity contribution is 7.95. The van der Waals surface area contributed by atoms with Crippen LogP contribution in [0.1, 0.15) is 19.8 Å². The molecule has 28 heavy (non-hydrogen) atoms. The highest BCUT2D eigenvalue weighted by atomic mass is 35.5. The number of hydrogen-bond acceptors (Lipinski definition) is 6. The molecule has 0 saturated carbocycles. The number of hydroxylamine groups is 2. The van der Waals surface area contributed by atoms with Gasteiger partial charge in [0.05, 0.1) is 11.1 Å². The van der Waals surface area contributed by atoms with E-state index >= 15 is 0 Å². The van der Waals surface area contributed by atoms with Gasteiger partial charge in [-0.3, -0.25) is 9.59 Å². The first-order chi connectivity index (χ1) is 13.4. The third-order valence-electron chi connectivity index (χ3n) is 3.80. The maximum Gasteiger partial charge on any atom is 0.262 e. The van der Waals surface area contributed by atoms with Gasteiger partial charge in [0, 0.05) is 43.3 Å². The van der Waals surface area contributed by atoms with Crippen LogP contribution in [0.3, 0.4) is 0 Å². The minimum Gasteiger partial charge on any atom is -0.484 e. The Balaban J connectivity index is 1.53. The molecule has 0 bridgehead atoms. The molecule has 7 nitrogen and oxygen atoms in total. The van der Waals surface area contributed by atoms with Crippen molar-refractivity contribution in [1.82, 2.24) is 15.7 Å². The predicted octanol–water partition coefficient (Wildman–Crippen LogP) is 2.67. The summed E-state index contributed by atoms with van der Waals surface area (Å²) in [6.07, 6.45) is 1.41. The molecule has 2 amide bonds. The quantitative estimate of drug-likeness (QED) is 0.391. The molecule has 1 heterocycles. The second-order valence-corrected chi connectivity index (χ2v) is 7.20. The lowest BCUT2D eigenvalue weighted by molar-refractivity contribution is -0.122. The Bertz CT molecular complexity index is 722. The minimum atomic E-state index is -0.622. The van der Waals surface area contributed by atoms with Crippen molar-refractivity contribution in [2.45, 2.75) is 25.8 Å². The number of nitrogens with one attached hydrogen (secondary N) is 2. The molecule has 1 fully saturated rings. The molecular formula is C18H23ClFN3O4S. The van der Waals surface area contributed by atoms with Crippen LogP contribution in [-0.2, 0) is 13.9 Å². The van der Waals surface area contributed by atoms with E-state index in [-0.39, 0.29) is 29.0 Å². The third-order valence-corrected chi connectivity index (χ3v) is 4.78. The number of amides is 2. The third kappa shape index (κ3) is 8.05. The van der Waals surface area contributed by atoms with Crippen LogP contribution in [0, 0.1) is 5.82 Å². The molecule has 1 aliphatic heterocycles. The molecule has 0 aromatic heterocycles. The molecule has 1 aliphatic rings. The summed E-state index contributed by atoms with van der Waals surface area (Å²) in [4.78, 5) is 23.5. The van der Waals surface area contributed by atoms with Gasteiger partial charge in [0.25, 0.3) is 5.91 Å². The highest BCUT2D eigenvalue weighted by Gasteiger charge is 2.34. The Morgan fingerprint density at radius 1 is 1.43 bits per heavy atom. The Morgan fingerprint density at radius 3 is 2.89 bits per heavy atom. The van der Waals surface area contributed by atoms with Gasteiger partial charge in [-0.25, -0.2) is 8.67 Å². The largest absolute Gasteiger partial charge is 0.484 e. The molecule has 1 aromatic rings. The number of rotatable bonds is 12. The average molecular weight is 432 g/mol. The lowest BCUT2D eigenvalue weighted by Gasteiger charge is -2.10. The predicted molar refractivity (Wildman–Crippen MR) is 106 cm³/mol. The zero-order chi connectivity index (χ0) is 20.5. The highest BCUT2D eigenvalue weighted by Crippen LogP contribution is 2.24. The van der Waals surface area contributed by atoms with E-state index in [2.05, 4.69) is 24.1 Å². The molecule has 10 heteroatoms. The number of benzene rings is 1. The Kier molecular flexibility index (Phi) is 9.04. The van der Waals surface area contributed by atoms with Gasteiger partial charge >= 0.3 is 0 Å². The first-order valence-corrected chi connectivity index (χ1v) is 10.1. The first-order valence-electron chi connectivity index (χ1n) is 8.77. The van der Waals surface area contributed by atoms with Crippen molar-refractivity contribution in [2.24, 2.45) is 0 Å². The molecule has 0 radical (unpaired) electrons. The van der Waals surface area contributed by atoms with Gasteiger partial charge in [-0.15, -0.1) is 0 Å². The van der Waals surface area contributed by atoms with Crippen molar-refractivity contribution < 1.29 is 23.0 Å². The molecule has 2 atom stereocenters. The monoisotopic (exact) mass is 431 g/mol. The number of nitrogens with zero attached hydrogens (tertiary/aromatic N) is 1. The summed E-state index contributed by atoms with van der Waals surface area (Å²) < 4.78 is 23.8. The molecule has 2 N–H and O–H groups in total. The number of hydrogen-bond donors (Lipinski definition) is 2. The van der Waals surface area contributed by atoms with E-state index in [1.54, 1.807) is 0 Å². The Hall–Kier alpha value is -1.81. The van der Waals surface area contributed by atoms with Crippen LogP contribution in [0.2, 0.25) is 5.02 Å². The van der Waals surface area contributed by atoms with Crippen LogP contribution in [0.15, 0.2) is 30.5 Å². The number of ether oxygens (including phenoxy) is 1. The molecule has 154 valence electrons. The van der Waals surface area contributed by atoms with Crippen LogP contribution in [-0.4, -0.2) is 48.4 Å². The van der Waals surface area contributed by atoms with Crippen LogP contribution < -0.4 is 15.4 Å². The van der Waals surface area contributed by atoms with Crippen molar-refractivity contribution >= 4 is 35.5 Å². The van der Waals surface area contributed by atoms with E-state index < -0.39 is 11.7 Å². The Labute approximate surface area is 172 Å². The van der Waals surface area contributed by atoms with E-state index in [9.17, 15) is 14.0 Å². The topological polar surface area (TPSA) is 79.7 Å². The molecular weight excluding hydrogens is 409 g/mol. The maximum absolute atomic E-state index is 13.3. The van der Waals surface area contributed by atoms with Crippen molar-refractivity contribution in [3.63, 3.8) is 0 Å². The fraction of sp³-hybridized carbons (Fsp3) is 0.444. The summed E-state index contributed by atoms with van der Waals surface area (Å²) >= 11 is 6.67. The summed E-state index contributed by atoms with van der Waals surface area (Å²) in [7, 11) is 0. The maximum atomic E-state index is 13.3. The summed E-state index contributed by atoms with van der Waals surface area (Å²) in [6.45, 7) is 6.76. The van der Waals surface area contributed by atoms with Gasteiger partial charge < -0.3 is 15.4 Å². The Morgan fingerprint density at radius 2 is 2.21 bits per heavy atom. The van der Waals surface area contributed by atoms with E-state index in [1.807, 2.05) is 5.06 Å². The van der Waals surface area contributed by atoms with Gasteiger partial charge in [0.2, 0.25) is 5.91 Å². The van der Waals surface area contributed by atoms with E-state index in [4.69, 9.17) is 20.6 Å². The van der Waals surface area contributed by atoms with Gasteiger partial charge in [-0.05, 0) is 18.6 Å². The van der Waals surface area contributed by atoms with Crippen LogP contribution in [0.5, 0.6) is 5.75 Å². The molecule has 2 rings (SSSR count). The number of carbonyl (C=O) groups is 2. The van der Waals surface area contributed by atoms with Gasteiger partial charge in [0.15, 0.2) is 6.61 Å². The van der Waals surface area contributed by atoms with E-state index in [0.717, 1.165) is 31.1 Å². The van der Waals surface area contributed by atoms with Crippen molar-refractivity contribution in [3.8, 4) is 5.75 Å². The molecule has 1 saturated heterocycles.